The van der Waals surface area contributed by atoms with Crippen molar-refractivity contribution in [3.05, 3.63) is 35.4 Å². The fourth-order valence-electron chi connectivity index (χ4n) is 1.77. The largest absolute Gasteiger partial charge is 0.373 e. The third-order valence-electron chi connectivity index (χ3n) is 2.35. The molecule has 1 aliphatic rings. The first kappa shape index (κ1) is 8.45. The zero-order valence-corrected chi connectivity index (χ0v) is 7.62. The van der Waals surface area contributed by atoms with Gasteiger partial charge in [0.05, 0.1) is 6.10 Å². The lowest BCUT2D eigenvalue weighted by atomic mass is 10.1. The van der Waals surface area contributed by atoms with Gasteiger partial charge in [0.25, 0.3) is 0 Å². The number of carbonyl (C=O) groups is 1. The Balaban J connectivity index is 2.36. The number of hydrogen-bond acceptors (Lipinski definition) is 2. The molecule has 68 valence electrons. The summed E-state index contributed by atoms with van der Waals surface area (Å²) in [5.41, 5.74) is 1.88. The topological polar surface area (TPSA) is 26.3 Å². The van der Waals surface area contributed by atoms with E-state index in [2.05, 4.69) is 0 Å². The van der Waals surface area contributed by atoms with Gasteiger partial charge in [0.2, 0.25) is 0 Å². The van der Waals surface area contributed by atoms with Crippen molar-refractivity contribution in [1.82, 2.24) is 0 Å². The van der Waals surface area contributed by atoms with Crippen LogP contribution < -0.4 is 0 Å². The molecule has 0 fully saturated rings. The molecule has 0 saturated heterocycles. The number of rotatable bonds is 2. The van der Waals surface area contributed by atoms with Gasteiger partial charge < -0.3 is 4.74 Å². The fourth-order valence-corrected chi connectivity index (χ4v) is 1.77. The molecule has 13 heavy (non-hydrogen) atoms. The summed E-state index contributed by atoms with van der Waals surface area (Å²) < 4.78 is 5.48. The monoisotopic (exact) mass is 176 g/mol. The van der Waals surface area contributed by atoms with Crippen molar-refractivity contribution in [3.63, 3.8) is 0 Å². The van der Waals surface area contributed by atoms with Crippen molar-refractivity contribution < 1.29 is 9.53 Å². The predicted octanol–water partition coefficient (Wildman–Crippen LogP) is 2.35. The number of Topliss-reactive ketones (excluding diaryl/α,β-unsaturated/α-hetero) is 1. The summed E-state index contributed by atoms with van der Waals surface area (Å²) in [6.45, 7) is 2.61. The Kier molecular flexibility index (Phi) is 2.15. The van der Waals surface area contributed by atoms with E-state index in [0.29, 0.717) is 13.0 Å². The van der Waals surface area contributed by atoms with Gasteiger partial charge in [0.15, 0.2) is 5.78 Å². The Hall–Kier alpha value is -1.15. The van der Waals surface area contributed by atoms with Crippen LogP contribution in [-0.2, 0) is 4.74 Å². The van der Waals surface area contributed by atoms with Crippen LogP contribution in [0.25, 0.3) is 0 Å². The van der Waals surface area contributed by atoms with Gasteiger partial charge >= 0.3 is 0 Å². The highest BCUT2D eigenvalue weighted by atomic mass is 16.5. The van der Waals surface area contributed by atoms with Crippen LogP contribution in [-0.4, -0.2) is 12.4 Å². The third-order valence-corrected chi connectivity index (χ3v) is 2.35. The molecule has 2 rings (SSSR count). The van der Waals surface area contributed by atoms with Crippen molar-refractivity contribution in [1.29, 1.82) is 0 Å². The van der Waals surface area contributed by atoms with Crippen molar-refractivity contribution in [2.24, 2.45) is 0 Å². The first-order chi connectivity index (χ1) is 6.33. The molecule has 1 atom stereocenters. The molecule has 2 heteroatoms. The molecule has 1 aromatic carbocycles. The number of benzene rings is 1. The highest BCUT2D eigenvalue weighted by molar-refractivity contribution is 6.00. The highest BCUT2D eigenvalue weighted by Crippen LogP contribution is 2.33. The second-order valence-corrected chi connectivity index (χ2v) is 3.16. The second kappa shape index (κ2) is 3.30. The summed E-state index contributed by atoms with van der Waals surface area (Å²) in [5, 5.41) is 0. The third kappa shape index (κ3) is 1.38. The first-order valence-electron chi connectivity index (χ1n) is 4.56. The lowest BCUT2D eigenvalue weighted by Gasteiger charge is -2.09. The van der Waals surface area contributed by atoms with Crippen molar-refractivity contribution in [2.75, 3.05) is 6.61 Å². The summed E-state index contributed by atoms with van der Waals surface area (Å²) in [6, 6.07) is 7.69. The Morgan fingerprint density at radius 2 is 2.23 bits per heavy atom. The van der Waals surface area contributed by atoms with E-state index in [0.717, 1.165) is 11.1 Å². The van der Waals surface area contributed by atoms with Crippen LogP contribution in [0, 0.1) is 0 Å². The Labute approximate surface area is 77.5 Å². The molecule has 0 aliphatic heterocycles. The zero-order chi connectivity index (χ0) is 9.26. The van der Waals surface area contributed by atoms with Gasteiger partial charge in [0.1, 0.15) is 0 Å². The molecule has 1 aliphatic carbocycles. The Morgan fingerprint density at radius 1 is 1.46 bits per heavy atom. The van der Waals surface area contributed by atoms with Crippen LogP contribution >= 0.6 is 0 Å². The molecule has 2 nitrogen and oxygen atoms in total. The lowest BCUT2D eigenvalue weighted by molar-refractivity contribution is 0.0585. The van der Waals surface area contributed by atoms with E-state index >= 15 is 0 Å². The molecule has 1 aromatic rings. The lowest BCUT2D eigenvalue weighted by Crippen LogP contribution is -1.99. The average Bonchev–Trinajstić information content (AvgIpc) is 2.46. The van der Waals surface area contributed by atoms with Crippen LogP contribution in [0.4, 0.5) is 0 Å². The van der Waals surface area contributed by atoms with E-state index < -0.39 is 0 Å². The van der Waals surface area contributed by atoms with Crippen LogP contribution in [0.5, 0.6) is 0 Å². The number of hydrogen-bond donors (Lipinski definition) is 0. The summed E-state index contributed by atoms with van der Waals surface area (Å²) in [7, 11) is 0. The zero-order valence-electron chi connectivity index (χ0n) is 7.62. The average molecular weight is 176 g/mol. The second-order valence-electron chi connectivity index (χ2n) is 3.16. The number of ketones is 1. The van der Waals surface area contributed by atoms with Gasteiger partial charge in [-0.25, -0.2) is 0 Å². The minimum absolute atomic E-state index is 0.00583. The van der Waals surface area contributed by atoms with Crippen LogP contribution in [0.15, 0.2) is 24.3 Å². The highest BCUT2D eigenvalue weighted by Gasteiger charge is 2.28. The molecule has 0 amide bonds. The maximum atomic E-state index is 11.5. The minimum atomic E-state index is -0.00583. The van der Waals surface area contributed by atoms with Crippen molar-refractivity contribution in [3.8, 4) is 0 Å². The molecule has 0 heterocycles. The SMILES string of the molecule is CCO[C@@H]1CC(=O)c2ccccc21. The van der Waals surface area contributed by atoms with Crippen LogP contribution in [0.3, 0.4) is 0 Å². The van der Waals surface area contributed by atoms with E-state index in [1.165, 1.54) is 0 Å². The minimum Gasteiger partial charge on any atom is -0.373 e. The Morgan fingerprint density at radius 3 is 3.00 bits per heavy atom. The summed E-state index contributed by atoms with van der Waals surface area (Å²) in [4.78, 5) is 11.5. The Bertz CT molecular complexity index is 331. The van der Waals surface area contributed by atoms with E-state index in [1.54, 1.807) is 0 Å². The molecule has 0 saturated carbocycles. The maximum absolute atomic E-state index is 11.5. The van der Waals surface area contributed by atoms with Gasteiger partial charge in [0, 0.05) is 18.6 Å². The van der Waals surface area contributed by atoms with Crippen molar-refractivity contribution >= 4 is 5.78 Å². The van der Waals surface area contributed by atoms with Crippen molar-refractivity contribution in [2.45, 2.75) is 19.4 Å². The molecule has 0 N–H and O–H groups in total. The number of carbonyl (C=O) groups excluding carboxylic acids is 1. The molecule has 0 unspecified atom stereocenters. The van der Waals surface area contributed by atoms with E-state index in [4.69, 9.17) is 4.74 Å². The normalized spacial score (nSPS) is 20.4. The first-order valence-corrected chi connectivity index (χ1v) is 4.56. The summed E-state index contributed by atoms with van der Waals surface area (Å²) >= 11 is 0. The van der Waals surface area contributed by atoms with E-state index in [1.807, 2.05) is 31.2 Å². The molecule has 0 bridgehead atoms. The molecule has 0 aromatic heterocycles. The standard InChI is InChI=1S/C11H12O2/c1-2-13-11-7-10(12)8-5-3-4-6-9(8)11/h3-6,11H,2,7H2,1H3/t11-/m1/s1. The van der Waals surface area contributed by atoms with Crippen LogP contribution in [0.2, 0.25) is 0 Å². The van der Waals surface area contributed by atoms with Gasteiger partial charge in [-0.3, -0.25) is 4.79 Å². The van der Waals surface area contributed by atoms with Gasteiger partial charge in [-0.1, -0.05) is 24.3 Å². The smallest absolute Gasteiger partial charge is 0.166 e. The molecule has 0 spiro atoms. The molecular weight excluding hydrogens is 164 g/mol. The number of fused-ring (bicyclic) bond motifs is 1. The molecule has 0 radical (unpaired) electrons. The van der Waals surface area contributed by atoms with Crippen LogP contribution in [0.1, 0.15) is 35.4 Å². The summed E-state index contributed by atoms with van der Waals surface area (Å²) in [5.74, 6) is 0.203. The van der Waals surface area contributed by atoms with E-state index in [9.17, 15) is 4.79 Å². The predicted molar refractivity (Wildman–Crippen MR) is 49.8 cm³/mol. The van der Waals surface area contributed by atoms with Gasteiger partial charge in [-0.05, 0) is 12.5 Å². The maximum Gasteiger partial charge on any atom is 0.166 e. The van der Waals surface area contributed by atoms with E-state index in [-0.39, 0.29) is 11.9 Å². The molecular formula is C11H12O2. The van der Waals surface area contributed by atoms with Gasteiger partial charge in [-0.2, -0.15) is 0 Å². The van der Waals surface area contributed by atoms with Gasteiger partial charge in [-0.15, -0.1) is 0 Å². The summed E-state index contributed by atoms with van der Waals surface area (Å²) in [6.07, 6.45) is 0.501. The quantitative estimate of drug-likeness (QED) is 0.691. The fraction of sp³-hybridized carbons (Fsp3) is 0.364. The number of ether oxygens (including phenoxy) is 1.